The zero-order valence-corrected chi connectivity index (χ0v) is 50.5. The zero-order chi connectivity index (χ0) is 56.6. The Labute approximate surface area is 505 Å². The number of benzene rings is 9. The Kier molecular flexibility index (Phi) is 10.7. The van der Waals surface area contributed by atoms with Crippen molar-refractivity contribution in [3.05, 3.63) is 256 Å². The molecule has 0 radical (unpaired) electrons. The molecule has 86 heavy (non-hydrogen) atoms. The largest absolute Gasteiger partial charge is 0.313 e. The predicted molar refractivity (Wildman–Crippen MR) is 363 cm³/mol. The Morgan fingerprint density at radius 2 is 0.767 bits per heavy atom. The molecule has 0 atom stereocenters. The Morgan fingerprint density at radius 3 is 1.33 bits per heavy atom. The van der Waals surface area contributed by atoms with Gasteiger partial charge in [-0.3, -0.25) is 0 Å². The number of fused-ring (bicyclic) bond motifs is 16. The summed E-state index contributed by atoms with van der Waals surface area (Å²) in [5.41, 5.74) is 29.8. The van der Waals surface area contributed by atoms with Crippen LogP contribution in [0.2, 0.25) is 0 Å². The van der Waals surface area contributed by atoms with Gasteiger partial charge in [0.15, 0.2) is 8.07 Å². The molecule has 0 saturated carbocycles. The molecule has 4 aliphatic carbocycles. The van der Waals surface area contributed by atoms with E-state index in [2.05, 4.69) is 232 Å². The van der Waals surface area contributed by atoms with Crippen molar-refractivity contribution in [2.75, 3.05) is 0 Å². The number of aromatic nitrogens is 4. The van der Waals surface area contributed by atoms with E-state index in [1.54, 1.807) is 27.4 Å². The molecule has 13 aromatic rings. The standard InChI is InChI=1S/C80H69BN4Si/c1-80(2)64-46-52(83-69-36-11-5-10-28-56(69)59-31-14-19-39-70(59)83)50-77-79(64)81(66-47-53(84-71-40-20-15-32-60(71)62-34-22-42-72(62)84)48-75(78(66)80)85-73-41-21-16-33-61(73)63-35-23-43-74(63)85)65-45-44-51(82-67-37-17-12-29-57(67)58-30-13-18-38-68(58)82)49-76(65)86(77,54-24-6-3-7-25-54)55-26-8-4-9-27-55/h3-4,6-9,12,14-17,19-21,24-27,29,31-33,37,39-41,44-50H,5,10-11,13,18,22-23,28,30,34-36,38,42-43H2,1-2H3. The lowest BCUT2D eigenvalue weighted by molar-refractivity contribution is 0.639. The maximum Gasteiger partial charge on any atom is 0.241 e. The van der Waals surface area contributed by atoms with E-state index in [9.17, 15) is 0 Å². The first-order valence-corrected chi connectivity index (χ1v) is 34.6. The third kappa shape index (κ3) is 6.61. The van der Waals surface area contributed by atoms with Gasteiger partial charge in [0.1, 0.15) is 0 Å². The van der Waals surface area contributed by atoms with Gasteiger partial charge < -0.3 is 18.3 Å². The SMILES string of the molecule is CC1(C)c2cc(-n3c4c(c5ccccc53)CCCCC4)cc3c2B(c2ccc(-n4c5c(c6ccccc64)CCCC5)cc2[Si]3(c2ccccc2)c2ccccc2)c2cc(-n3c4c(c5ccccc53)CCC4)cc(-n3c4c(c5ccccc53)CCC4)c21. The minimum Gasteiger partial charge on any atom is -0.313 e. The molecule has 0 unspecified atom stereocenters. The fraction of sp³-hybridized carbons (Fsp3) is 0.225. The lowest BCUT2D eigenvalue weighted by atomic mass is 9.31. The van der Waals surface area contributed by atoms with Crippen LogP contribution in [0.25, 0.3) is 66.4 Å². The van der Waals surface area contributed by atoms with Crippen LogP contribution in [0.1, 0.15) is 115 Å². The van der Waals surface area contributed by atoms with Crippen molar-refractivity contribution in [2.45, 2.75) is 116 Å². The van der Waals surface area contributed by atoms with Gasteiger partial charge in [0, 0.05) is 66.8 Å². The smallest absolute Gasteiger partial charge is 0.241 e. The fourth-order valence-electron chi connectivity index (χ4n) is 18.9. The van der Waals surface area contributed by atoms with Crippen molar-refractivity contribution in [3.63, 3.8) is 0 Å². The molecule has 0 saturated heterocycles. The van der Waals surface area contributed by atoms with Crippen LogP contribution < -0.4 is 37.1 Å². The fourth-order valence-corrected chi connectivity index (χ4v) is 24.3. The van der Waals surface area contributed by atoms with Crippen LogP contribution in [0.4, 0.5) is 0 Å². The number of hydrogen-bond donors (Lipinski definition) is 0. The third-order valence-corrected chi connectivity index (χ3v) is 27.1. The molecule has 0 fully saturated rings. The first-order chi connectivity index (χ1) is 42.5. The molecular weight excluding hydrogens is 1060 g/mol. The minimum atomic E-state index is -3.29. The van der Waals surface area contributed by atoms with Gasteiger partial charge in [-0.1, -0.05) is 176 Å². The summed E-state index contributed by atoms with van der Waals surface area (Å²) in [6.45, 7) is 5.20. The predicted octanol–water partition coefficient (Wildman–Crippen LogP) is 13.4. The normalized spacial score (nSPS) is 16.9. The first kappa shape index (κ1) is 49.7. The Balaban J connectivity index is 1.01. The van der Waals surface area contributed by atoms with E-state index in [1.807, 2.05) is 0 Å². The molecule has 4 aromatic heterocycles. The molecule has 0 bridgehead atoms. The van der Waals surface area contributed by atoms with E-state index in [-0.39, 0.29) is 6.71 Å². The van der Waals surface area contributed by atoms with Gasteiger partial charge in [-0.2, -0.15) is 0 Å². The average Bonchev–Trinajstić information content (AvgIpc) is 0.824. The van der Waals surface area contributed by atoms with Crippen molar-refractivity contribution in [2.24, 2.45) is 0 Å². The molecule has 0 amide bonds. The van der Waals surface area contributed by atoms with E-state index in [4.69, 9.17) is 0 Å². The first-order valence-electron chi connectivity index (χ1n) is 32.6. The van der Waals surface area contributed by atoms with Gasteiger partial charge in [0.2, 0.25) is 6.71 Å². The van der Waals surface area contributed by atoms with Crippen LogP contribution in [-0.2, 0) is 56.8 Å². The summed E-state index contributed by atoms with van der Waals surface area (Å²) in [4.78, 5) is 0. The Bertz CT molecular complexity index is 4990. The molecule has 6 aliphatic rings. The summed E-state index contributed by atoms with van der Waals surface area (Å²) < 4.78 is 11.0. The summed E-state index contributed by atoms with van der Waals surface area (Å²) in [6, 6.07) is 80.3. The van der Waals surface area contributed by atoms with Crippen molar-refractivity contribution in [1.29, 1.82) is 0 Å². The molecule has 416 valence electrons. The van der Waals surface area contributed by atoms with Gasteiger partial charge in [-0.25, -0.2) is 0 Å². The van der Waals surface area contributed by atoms with Crippen molar-refractivity contribution in [3.8, 4) is 22.7 Å². The zero-order valence-electron chi connectivity index (χ0n) is 49.5. The highest BCUT2D eigenvalue weighted by Crippen LogP contribution is 2.46. The average molecular weight is 1130 g/mol. The molecule has 2 aliphatic heterocycles. The van der Waals surface area contributed by atoms with Gasteiger partial charge in [0.05, 0.1) is 27.8 Å². The number of hydrogen-bond acceptors (Lipinski definition) is 0. The van der Waals surface area contributed by atoms with E-state index in [1.165, 1.54) is 177 Å². The van der Waals surface area contributed by atoms with E-state index in [0.717, 1.165) is 51.4 Å². The van der Waals surface area contributed by atoms with E-state index in [0.29, 0.717) is 0 Å². The van der Waals surface area contributed by atoms with Crippen LogP contribution in [0.15, 0.2) is 200 Å². The van der Waals surface area contributed by atoms with Crippen molar-refractivity contribution in [1.82, 2.24) is 18.3 Å². The molecule has 6 heteroatoms. The second kappa shape index (κ2) is 18.5. The lowest BCUT2D eigenvalue weighted by Crippen LogP contribution is -2.88. The molecule has 0 N–H and O–H groups in total. The quantitative estimate of drug-likeness (QED) is 0.117. The van der Waals surface area contributed by atoms with Crippen LogP contribution in [0, 0.1) is 0 Å². The Morgan fingerprint density at radius 1 is 0.349 bits per heavy atom. The number of rotatable bonds is 6. The summed E-state index contributed by atoms with van der Waals surface area (Å²) in [7, 11) is -3.29. The molecule has 9 aromatic carbocycles. The van der Waals surface area contributed by atoms with Gasteiger partial charge >= 0.3 is 0 Å². The van der Waals surface area contributed by atoms with Gasteiger partial charge in [-0.15, -0.1) is 0 Å². The highest BCUT2D eigenvalue weighted by atomic mass is 28.3. The molecule has 4 nitrogen and oxygen atoms in total. The summed E-state index contributed by atoms with van der Waals surface area (Å²) >= 11 is 0. The second-order valence-corrected chi connectivity index (χ2v) is 30.5. The van der Waals surface area contributed by atoms with Crippen LogP contribution in [0.3, 0.4) is 0 Å². The monoisotopic (exact) mass is 1120 g/mol. The lowest BCUT2D eigenvalue weighted by Gasteiger charge is -2.49. The maximum atomic E-state index is 2.79. The van der Waals surface area contributed by atoms with Gasteiger partial charge in [0.25, 0.3) is 0 Å². The third-order valence-electron chi connectivity index (χ3n) is 22.2. The second-order valence-electron chi connectivity index (χ2n) is 26.8. The van der Waals surface area contributed by atoms with Crippen LogP contribution in [0.5, 0.6) is 0 Å². The number of para-hydroxylation sites is 4. The number of aryl methyl sites for hydroxylation is 4. The minimum absolute atomic E-state index is 0.0496. The highest BCUT2D eigenvalue weighted by molar-refractivity contribution is 7.26. The van der Waals surface area contributed by atoms with Crippen molar-refractivity contribution < 1.29 is 0 Å². The maximum absolute atomic E-state index is 3.29. The molecule has 0 spiro atoms. The molecular formula is C80H69BN4Si. The topological polar surface area (TPSA) is 19.7 Å². The van der Waals surface area contributed by atoms with Crippen LogP contribution in [-0.4, -0.2) is 33.1 Å². The van der Waals surface area contributed by atoms with Gasteiger partial charge in [-0.05, 0) is 205 Å². The molecule has 6 heterocycles. The number of nitrogens with zero attached hydrogens (tertiary/aromatic N) is 4. The van der Waals surface area contributed by atoms with Crippen molar-refractivity contribution >= 4 is 95.5 Å². The van der Waals surface area contributed by atoms with Crippen LogP contribution >= 0.6 is 0 Å². The summed E-state index contributed by atoms with van der Waals surface area (Å²) in [5.74, 6) is 0. The summed E-state index contributed by atoms with van der Waals surface area (Å²) in [5, 5.41) is 11.6. The summed E-state index contributed by atoms with van der Waals surface area (Å²) in [6.07, 6.45) is 17.4. The Hall–Kier alpha value is -8.58. The molecule has 19 rings (SSSR count). The van der Waals surface area contributed by atoms with E-state index < -0.39 is 13.5 Å². The highest BCUT2D eigenvalue weighted by Gasteiger charge is 2.55. The van der Waals surface area contributed by atoms with E-state index >= 15 is 0 Å².